The molecule has 1 unspecified atom stereocenters. The lowest BCUT2D eigenvalue weighted by Crippen LogP contribution is -2.35. The Bertz CT molecular complexity index is 1340. The van der Waals surface area contributed by atoms with Crippen LogP contribution >= 0.6 is 12.4 Å². The van der Waals surface area contributed by atoms with Gasteiger partial charge in [0, 0.05) is 30.2 Å². The molecule has 0 aliphatic rings. The second-order valence-corrected chi connectivity index (χ2v) is 8.49. The van der Waals surface area contributed by atoms with E-state index in [2.05, 4.69) is 52.0 Å². The first-order valence-electron chi connectivity index (χ1n) is 11.1. The van der Waals surface area contributed by atoms with Gasteiger partial charge in [0.2, 0.25) is 0 Å². The molecule has 1 atom stereocenters. The van der Waals surface area contributed by atoms with Gasteiger partial charge in [0.15, 0.2) is 11.2 Å². The van der Waals surface area contributed by atoms with E-state index in [4.69, 9.17) is 4.42 Å². The van der Waals surface area contributed by atoms with Crippen LogP contribution in [0.1, 0.15) is 40.3 Å². The van der Waals surface area contributed by atoms with Gasteiger partial charge in [-0.15, -0.1) is 12.4 Å². The van der Waals surface area contributed by atoms with Gasteiger partial charge < -0.3 is 14.3 Å². The van der Waals surface area contributed by atoms with E-state index in [-0.39, 0.29) is 29.6 Å². The van der Waals surface area contributed by atoms with Crippen LogP contribution in [0.5, 0.6) is 0 Å². The molecule has 7 heteroatoms. The van der Waals surface area contributed by atoms with Crippen LogP contribution in [-0.4, -0.2) is 36.0 Å². The molecule has 0 fully saturated rings. The molecule has 4 aromatic rings. The highest BCUT2D eigenvalue weighted by molar-refractivity contribution is 5.93. The van der Waals surface area contributed by atoms with Gasteiger partial charge in [-0.05, 0) is 69.4 Å². The number of nitrogens with one attached hydrogen (secondary N) is 1. The van der Waals surface area contributed by atoms with Crippen molar-refractivity contribution in [3.8, 4) is 5.69 Å². The van der Waals surface area contributed by atoms with Crippen molar-refractivity contribution in [2.45, 2.75) is 26.3 Å². The Hall–Kier alpha value is -3.35. The Morgan fingerprint density at radius 3 is 2.50 bits per heavy atom. The molecule has 4 rings (SSSR count). The maximum Gasteiger partial charge on any atom is 0.287 e. The zero-order valence-electron chi connectivity index (χ0n) is 19.9. The molecule has 0 aliphatic carbocycles. The molecular formula is C27H30ClN3O3. The van der Waals surface area contributed by atoms with Gasteiger partial charge in [0.05, 0.1) is 11.4 Å². The first kappa shape index (κ1) is 25.3. The van der Waals surface area contributed by atoms with E-state index in [1.165, 1.54) is 11.6 Å². The van der Waals surface area contributed by atoms with Crippen LogP contribution in [-0.2, 0) is 6.42 Å². The van der Waals surface area contributed by atoms with Gasteiger partial charge in [-0.3, -0.25) is 14.5 Å². The maximum atomic E-state index is 12.9. The summed E-state index contributed by atoms with van der Waals surface area (Å²) < 4.78 is 7.88. The van der Waals surface area contributed by atoms with Crippen molar-refractivity contribution < 1.29 is 9.21 Å². The summed E-state index contributed by atoms with van der Waals surface area (Å²) in [7, 11) is 3.95. The monoisotopic (exact) mass is 479 g/mol. The number of rotatable bonds is 7. The molecule has 0 bridgehead atoms. The molecule has 0 spiro atoms. The van der Waals surface area contributed by atoms with Crippen LogP contribution in [0.4, 0.5) is 0 Å². The number of benzene rings is 2. The van der Waals surface area contributed by atoms with Crippen LogP contribution in [0.3, 0.4) is 0 Å². The summed E-state index contributed by atoms with van der Waals surface area (Å²) in [5, 5.41) is 3.44. The Morgan fingerprint density at radius 1 is 1.09 bits per heavy atom. The van der Waals surface area contributed by atoms with Crippen molar-refractivity contribution in [1.82, 2.24) is 14.8 Å². The summed E-state index contributed by atoms with van der Waals surface area (Å²) in [6.07, 6.45) is 2.85. The quantitative estimate of drug-likeness (QED) is 0.409. The number of likely N-dealkylation sites (N-methyl/N-ethyl adjacent to an activating group) is 1. The Kier molecular flexibility index (Phi) is 7.97. The van der Waals surface area contributed by atoms with Crippen molar-refractivity contribution in [2.75, 3.05) is 20.6 Å². The van der Waals surface area contributed by atoms with Gasteiger partial charge in [0.25, 0.3) is 5.91 Å². The zero-order valence-corrected chi connectivity index (χ0v) is 20.7. The van der Waals surface area contributed by atoms with Crippen LogP contribution in [0.25, 0.3) is 16.7 Å². The van der Waals surface area contributed by atoms with Crippen molar-refractivity contribution in [2.24, 2.45) is 0 Å². The number of nitrogens with zero attached hydrogens (tertiary/aromatic N) is 2. The molecule has 1 N–H and O–H groups in total. The highest BCUT2D eigenvalue weighted by Gasteiger charge is 2.21. The molecule has 6 nitrogen and oxygen atoms in total. The lowest BCUT2D eigenvalue weighted by Gasteiger charge is -2.26. The van der Waals surface area contributed by atoms with E-state index in [9.17, 15) is 9.59 Å². The first-order valence-corrected chi connectivity index (χ1v) is 11.1. The first-order chi connectivity index (χ1) is 15.9. The molecule has 0 radical (unpaired) electrons. The number of aryl methyl sites for hydroxylation is 2. The predicted octanol–water partition coefficient (Wildman–Crippen LogP) is 4.91. The fourth-order valence-electron chi connectivity index (χ4n) is 3.97. The topological polar surface area (TPSA) is 67.5 Å². The Labute approximate surface area is 205 Å². The third-order valence-corrected chi connectivity index (χ3v) is 5.94. The highest BCUT2D eigenvalue weighted by atomic mass is 35.5. The third-order valence-electron chi connectivity index (χ3n) is 5.94. The molecule has 1 amide bonds. The summed E-state index contributed by atoms with van der Waals surface area (Å²) in [4.78, 5) is 27.5. The van der Waals surface area contributed by atoms with E-state index in [0.29, 0.717) is 17.5 Å². The number of carbonyl (C=O) groups is 1. The van der Waals surface area contributed by atoms with Gasteiger partial charge in [-0.1, -0.05) is 30.7 Å². The SMILES string of the molecule is CCc1ccc2oc(C(=O)NCC(c3cccn3-c3ccc(C)cc3)N(C)C)cc(=O)c2c1.Cl. The molecule has 34 heavy (non-hydrogen) atoms. The molecule has 2 heterocycles. The highest BCUT2D eigenvalue weighted by Crippen LogP contribution is 2.23. The number of aromatic nitrogens is 1. The van der Waals surface area contributed by atoms with E-state index in [1.54, 1.807) is 6.07 Å². The Balaban J connectivity index is 0.00000324. The average Bonchev–Trinajstić information content (AvgIpc) is 3.28. The number of amides is 1. The number of carbonyl (C=O) groups excluding carboxylic acids is 1. The van der Waals surface area contributed by atoms with Crippen LogP contribution in [0, 0.1) is 6.92 Å². The summed E-state index contributed by atoms with van der Waals surface area (Å²) >= 11 is 0. The lowest BCUT2D eigenvalue weighted by molar-refractivity contribution is 0.0914. The third kappa shape index (κ3) is 5.24. The van der Waals surface area contributed by atoms with E-state index in [1.807, 2.05) is 45.4 Å². The minimum atomic E-state index is -0.408. The fourth-order valence-corrected chi connectivity index (χ4v) is 3.97. The smallest absolute Gasteiger partial charge is 0.287 e. The number of fused-ring (bicyclic) bond motifs is 1. The van der Waals surface area contributed by atoms with E-state index >= 15 is 0 Å². The average molecular weight is 480 g/mol. The zero-order chi connectivity index (χ0) is 23.5. The van der Waals surface area contributed by atoms with Crippen molar-refractivity contribution in [3.63, 3.8) is 0 Å². The van der Waals surface area contributed by atoms with Gasteiger partial charge >= 0.3 is 0 Å². The van der Waals surface area contributed by atoms with Crippen molar-refractivity contribution in [1.29, 1.82) is 0 Å². The van der Waals surface area contributed by atoms with Crippen molar-refractivity contribution in [3.05, 3.63) is 99.7 Å². The number of hydrogen-bond donors (Lipinski definition) is 1. The number of hydrogen-bond acceptors (Lipinski definition) is 4. The summed E-state index contributed by atoms with van der Waals surface area (Å²) in [5.41, 5.74) is 4.57. The second kappa shape index (κ2) is 10.7. The minimum Gasteiger partial charge on any atom is -0.451 e. The second-order valence-electron chi connectivity index (χ2n) is 8.49. The number of halogens is 1. The normalized spacial score (nSPS) is 11.9. The van der Waals surface area contributed by atoms with Crippen LogP contribution < -0.4 is 10.7 Å². The molecular weight excluding hydrogens is 450 g/mol. The van der Waals surface area contributed by atoms with Crippen molar-refractivity contribution >= 4 is 29.3 Å². The molecule has 178 valence electrons. The van der Waals surface area contributed by atoms with Gasteiger partial charge in [-0.2, -0.15) is 0 Å². The molecule has 0 saturated heterocycles. The molecule has 0 saturated carbocycles. The molecule has 2 aromatic heterocycles. The lowest BCUT2D eigenvalue weighted by atomic mass is 10.1. The van der Waals surface area contributed by atoms with Gasteiger partial charge in [-0.25, -0.2) is 0 Å². The summed E-state index contributed by atoms with van der Waals surface area (Å²) in [5.74, 6) is -0.392. The van der Waals surface area contributed by atoms with E-state index < -0.39 is 5.91 Å². The van der Waals surface area contributed by atoms with Crippen LogP contribution in [0.2, 0.25) is 0 Å². The predicted molar refractivity (Wildman–Crippen MR) is 138 cm³/mol. The molecule has 2 aromatic carbocycles. The maximum absolute atomic E-state index is 12.9. The van der Waals surface area contributed by atoms with E-state index in [0.717, 1.165) is 23.4 Å². The molecule has 0 aliphatic heterocycles. The van der Waals surface area contributed by atoms with Crippen LogP contribution in [0.15, 0.2) is 76.1 Å². The summed E-state index contributed by atoms with van der Waals surface area (Å²) in [6.45, 7) is 4.45. The largest absolute Gasteiger partial charge is 0.451 e. The summed E-state index contributed by atoms with van der Waals surface area (Å²) in [6, 6.07) is 19.1. The van der Waals surface area contributed by atoms with Gasteiger partial charge in [0.1, 0.15) is 5.58 Å². The standard InChI is InChI=1S/C27H29N3O3.ClH/c1-5-19-10-13-25-21(15-19)24(31)16-26(33-25)27(32)28-17-23(29(3)4)22-7-6-14-30(22)20-11-8-18(2)9-12-20;/h6-16,23H,5,17H2,1-4H3,(H,28,32);1H. The minimum absolute atomic E-state index is 0. The fraction of sp³-hybridized carbons (Fsp3) is 0.259. The Morgan fingerprint density at radius 2 is 1.82 bits per heavy atom.